The van der Waals surface area contributed by atoms with Crippen LogP contribution in [0.15, 0.2) is 61.3 Å². The van der Waals surface area contributed by atoms with Gasteiger partial charge in [0.15, 0.2) is 0 Å². The summed E-state index contributed by atoms with van der Waals surface area (Å²) in [5.74, 6) is 1.58. The number of aromatic nitrogens is 3. The third kappa shape index (κ3) is 4.67. The number of hydrogen-bond acceptors (Lipinski definition) is 4. The SMILES string of the molecule is CCOc1ccc(CC(=O)NCc2ccc(-n3ccnc3)nc2)cc1. The summed E-state index contributed by atoms with van der Waals surface area (Å²) in [6.07, 6.45) is 7.33. The summed E-state index contributed by atoms with van der Waals surface area (Å²) in [5.41, 5.74) is 1.90. The van der Waals surface area contributed by atoms with Crippen LogP contribution in [0.1, 0.15) is 18.1 Å². The quantitative estimate of drug-likeness (QED) is 0.720. The largest absolute Gasteiger partial charge is 0.494 e. The maximum Gasteiger partial charge on any atom is 0.224 e. The van der Waals surface area contributed by atoms with Crippen molar-refractivity contribution in [1.82, 2.24) is 19.9 Å². The Morgan fingerprint density at radius 1 is 1.16 bits per heavy atom. The second kappa shape index (κ2) is 8.10. The predicted molar refractivity (Wildman–Crippen MR) is 94.5 cm³/mol. The van der Waals surface area contributed by atoms with Gasteiger partial charge in [0.05, 0.1) is 13.0 Å². The number of carbonyl (C=O) groups is 1. The van der Waals surface area contributed by atoms with Crippen LogP contribution in [0.4, 0.5) is 0 Å². The summed E-state index contributed by atoms with van der Waals surface area (Å²) >= 11 is 0. The van der Waals surface area contributed by atoms with E-state index in [0.717, 1.165) is 22.7 Å². The van der Waals surface area contributed by atoms with Crippen molar-refractivity contribution in [1.29, 1.82) is 0 Å². The van der Waals surface area contributed by atoms with Crippen molar-refractivity contribution in [3.63, 3.8) is 0 Å². The summed E-state index contributed by atoms with van der Waals surface area (Å²) in [7, 11) is 0. The van der Waals surface area contributed by atoms with Gasteiger partial charge in [0.1, 0.15) is 17.9 Å². The normalized spacial score (nSPS) is 10.4. The van der Waals surface area contributed by atoms with Crippen molar-refractivity contribution in [3.8, 4) is 11.6 Å². The van der Waals surface area contributed by atoms with E-state index in [0.29, 0.717) is 19.6 Å². The molecule has 6 nitrogen and oxygen atoms in total. The number of carbonyl (C=O) groups excluding carboxylic acids is 1. The van der Waals surface area contributed by atoms with Gasteiger partial charge in [-0.3, -0.25) is 9.36 Å². The number of nitrogens with zero attached hydrogens (tertiary/aromatic N) is 3. The lowest BCUT2D eigenvalue weighted by Crippen LogP contribution is -2.24. The number of hydrogen-bond donors (Lipinski definition) is 1. The Morgan fingerprint density at radius 2 is 1.96 bits per heavy atom. The van der Waals surface area contributed by atoms with E-state index >= 15 is 0 Å². The van der Waals surface area contributed by atoms with Crippen LogP contribution in [0.5, 0.6) is 5.75 Å². The smallest absolute Gasteiger partial charge is 0.224 e. The molecule has 1 aromatic carbocycles. The van der Waals surface area contributed by atoms with Crippen molar-refractivity contribution in [3.05, 3.63) is 72.4 Å². The first-order chi connectivity index (χ1) is 12.2. The average molecular weight is 336 g/mol. The standard InChI is InChI=1S/C19H20N4O2/c1-2-25-17-6-3-15(4-7-17)11-19(24)22-13-16-5-8-18(21-12-16)23-10-9-20-14-23/h3-10,12,14H,2,11,13H2,1H3,(H,22,24). The topological polar surface area (TPSA) is 69.0 Å². The Kier molecular flexibility index (Phi) is 5.41. The number of rotatable bonds is 7. The van der Waals surface area contributed by atoms with Crippen molar-refractivity contribution in [2.45, 2.75) is 19.9 Å². The highest BCUT2D eigenvalue weighted by Gasteiger charge is 2.05. The fraction of sp³-hybridized carbons (Fsp3) is 0.211. The summed E-state index contributed by atoms with van der Waals surface area (Å²) in [6.45, 7) is 3.03. The van der Waals surface area contributed by atoms with Crippen LogP contribution in [-0.2, 0) is 17.8 Å². The maximum atomic E-state index is 12.1. The fourth-order valence-electron chi connectivity index (χ4n) is 2.39. The summed E-state index contributed by atoms with van der Waals surface area (Å²) in [5, 5.41) is 2.91. The molecule has 0 aliphatic heterocycles. The highest BCUT2D eigenvalue weighted by atomic mass is 16.5. The molecule has 0 radical (unpaired) electrons. The number of amides is 1. The Labute approximate surface area is 146 Å². The van der Waals surface area contributed by atoms with Crippen molar-refractivity contribution in [2.75, 3.05) is 6.61 Å². The van der Waals surface area contributed by atoms with E-state index < -0.39 is 0 Å². The monoisotopic (exact) mass is 336 g/mol. The van der Waals surface area contributed by atoms with Crippen LogP contribution < -0.4 is 10.1 Å². The van der Waals surface area contributed by atoms with Crippen molar-refractivity contribution in [2.24, 2.45) is 0 Å². The molecule has 128 valence electrons. The second-order valence-corrected chi connectivity index (χ2v) is 5.53. The van der Waals surface area contributed by atoms with E-state index in [-0.39, 0.29) is 5.91 Å². The lowest BCUT2D eigenvalue weighted by Gasteiger charge is -2.07. The minimum atomic E-state index is -0.0251. The van der Waals surface area contributed by atoms with Gasteiger partial charge in [0.2, 0.25) is 5.91 Å². The second-order valence-electron chi connectivity index (χ2n) is 5.53. The van der Waals surface area contributed by atoms with Gasteiger partial charge in [0.25, 0.3) is 0 Å². The van der Waals surface area contributed by atoms with Gasteiger partial charge in [-0.1, -0.05) is 18.2 Å². The Bertz CT molecular complexity index is 796. The third-order valence-electron chi connectivity index (χ3n) is 3.67. The molecule has 0 aliphatic rings. The molecule has 1 N–H and O–H groups in total. The Hall–Kier alpha value is -3.15. The van der Waals surface area contributed by atoms with Gasteiger partial charge in [-0.05, 0) is 36.2 Å². The van der Waals surface area contributed by atoms with E-state index in [1.54, 1.807) is 18.7 Å². The van der Waals surface area contributed by atoms with Gasteiger partial charge >= 0.3 is 0 Å². The van der Waals surface area contributed by atoms with E-state index in [9.17, 15) is 4.79 Å². The number of ether oxygens (including phenoxy) is 1. The van der Waals surface area contributed by atoms with Crippen LogP contribution in [0.3, 0.4) is 0 Å². The molecule has 1 amide bonds. The zero-order chi connectivity index (χ0) is 17.5. The molecule has 0 unspecified atom stereocenters. The van der Waals surface area contributed by atoms with Crippen LogP contribution in [0.25, 0.3) is 5.82 Å². The lowest BCUT2D eigenvalue weighted by molar-refractivity contribution is -0.120. The van der Waals surface area contributed by atoms with Crippen LogP contribution in [0, 0.1) is 0 Å². The molecule has 2 heterocycles. The molecule has 3 rings (SSSR count). The molecular formula is C19H20N4O2. The van der Waals surface area contributed by atoms with E-state index in [1.807, 2.05) is 54.1 Å². The van der Waals surface area contributed by atoms with Crippen molar-refractivity contribution >= 4 is 5.91 Å². The number of pyridine rings is 1. The highest BCUT2D eigenvalue weighted by Crippen LogP contribution is 2.12. The lowest BCUT2D eigenvalue weighted by atomic mass is 10.1. The molecule has 6 heteroatoms. The van der Waals surface area contributed by atoms with Crippen LogP contribution >= 0.6 is 0 Å². The molecule has 0 bridgehead atoms. The zero-order valence-corrected chi connectivity index (χ0v) is 14.1. The fourth-order valence-corrected chi connectivity index (χ4v) is 2.39. The van der Waals surface area contributed by atoms with Gasteiger partial charge in [-0.15, -0.1) is 0 Å². The molecule has 0 saturated heterocycles. The Balaban J connectivity index is 1.50. The van der Waals surface area contributed by atoms with Gasteiger partial charge in [-0.2, -0.15) is 0 Å². The molecule has 0 saturated carbocycles. The molecule has 3 aromatic rings. The first-order valence-electron chi connectivity index (χ1n) is 8.16. The molecule has 25 heavy (non-hydrogen) atoms. The molecule has 0 fully saturated rings. The summed E-state index contributed by atoms with van der Waals surface area (Å²) < 4.78 is 7.22. The molecule has 0 spiro atoms. The maximum absolute atomic E-state index is 12.1. The van der Waals surface area contributed by atoms with Gasteiger partial charge in [-0.25, -0.2) is 9.97 Å². The first-order valence-corrected chi connectivity index (χ1v) is 8.16. The van der Waals surface area contributed by atoms with Gasteiger partial charge < -0.3 is 10.1 Å². The minimum absolute atomic E-state index is 0.0251. The predicted octanol–water partition coefficient (Wildman–Crippen LogP) is 2.52. The van der Waals surface area contributed by atoms with Crippen LogP contribution in [0.2, 0.25) is 0 Å². The molecular weight excluding hydrogens is 316 g/mol. The number of benzene rings is 1. The summed E-state index contributed by atoms with van der Waals surface area (Å²) in [4.78, 5) is 20.4. The van der Waals surface area contributed by atoms with Crippen molar-refractivity contribution < 1.29 is 9.53 Å². The number of nitrogens with one attached hydrogen (secondary N) is 1. The Morgan fingerprint density at radius 3 is 2.60 bits per heavy atom. The number of imidazole rings is 1. The van der Waals surface area contributed by atoms with Gasteiger partial charge in [0, 0.05) is 25.1 Å². The first kappa shape index (κ1) is 16.7. The molecule has 0 atom stereocenters. The zero-order valence-electron chi connectivity index (χ0n) is 14.1. The molecule has 0 aliphatic carbocycles. The van der Waals surface area contributed by atoms with E-state index in [4.69, 9.17) is 4.74 Å². The third-order valence-corrected chi connectivity index (χ3v) is 3.67. The minimum Gasteiger partial charge on any atom is -0.494 e. The molecule has 2 aromatic heterocycles. The highest BCUT2D eigenvalue weighted by molar-refractivity contribution is 5.78. The van der Waals surface area contributed by atoms with Crippen LogP contribution in [-0.4, -0.2) is 27.0 Å². The summed E-state index contributed by atoms with van der Waals surface area (Å²) in [6, 6.07) is 11.4. The van der Waals surface area contributed by atoms with E-state index in [1.165, 1.54) is 0 Å². The average Bonchev–Trinajstić information content (AvgIpc) is 3.17. The van der Waals surface area contributed by atoms with E-state index in [2.05, 4.69) is 15.3 Å².